The first-order valence-corrected chi connectivity index (χ1v) is 16.0. The molecule has 0 saturated carbocycles. The molecule has 0 bridgehead atoms. The Balaban J connectivity index is 1.26. The van der Waals surface area contributed by atoms with Crippen molar-refractivity contribution in [1.29, 1.82) is 0 Å². The predicted molar refractivity (Wildman–Crippen MR) is 189 cm³/mol. The summed E-state index contributed by atoms with van der Waals surface area (Å²) in [5, 5.41) is 12.3. The Morgan fingerprint density at radius 3 is 2.38 bits per heavy atom. The maximum atomic E-state index is 7.16. The van der Waals surface area contributed by atoms with Crippen LogP contribution in [0.1, 0.15) is 36.0 Å². The molecule has 45 heavy (non-hydrogen) atoms. The first kappa shape index (κ1) is 24.9. The van der Waals surface area contributed by atoms with Crippen LogP contribution >= 0.6 is 0 Å². The quantitative estimate of drug-likeness (QED) is 0.196. The van der Waals surface area contributed by atoms with Gasteiger partial charge in [0.2, 0.25) is 0 Å². The maximum Gasteiger partial charge on any atom is 0.142 e. The lowest BCUT2D eigenvalue weighted by Crippen LogP contribution is -2.31. The number of allylic oxidation sites excluding steroid dienone is 3. The summed E-state index contributed by atoms with van der Waals surface area (Å²) in [7, 11) is 0. The summed E-state index contributed by atoms with van der Waals surface area (Å²) in [6.07, 6.45) is 19.6. The van der Waals surface area contributed by atoms with Gasteiger partial charge in [0.25, 0.3) is 0 Å². The molecule has 7 aromatic rings. The van der Waals surface area contributed by atoms with Crippen molar-refractivity contribution in [1.82, 2.24) is 4.98 Å². The molecule has 0 aliphatic heterocycles. The molecule has 0 saturated heterocycles. The normalized spacial score (nSPS) is 14.7. The van der Waals surface area contributed by atoms with Gasteiger partial charge < -0.3 is 4.74 Å². The highest BCUT2D eigenvalue weighted by molar-refractivity contribution is 6.16. The van der Waals surface area contributed by atoms with Crippen molar-refractivity contribution in [2.24, 2.45) is 0 Å². The minimum absolute atomic E-state index is 0.880. The molecule has 1 heterocycles. The zero-order valence-corrected chi connectivity index (χ0v) is 24.8. The fraction of sp³-hybridized carbons (Fsp3) is 0.0930. The largest absolute Gasteiger partial charge is 0.456 e. The van der Waals surface area contributed by atoms with E-state index in [0.717, 1.165) is 48.0 Å². The third-order valence-corrected chi connectivity index (χ3v) is 10.0. The lowest BCUT2D eigenvalue weighted by Gasteiger charge is -2.25. The highest BCUT2D eigenvalue weighted by Gasteiger charge is 2.24. The van der Waals surface area contributed by atoms with E-state index in [1.807, 2.05) is 12.4 Å². The molecule has 0 fully saturated rings. The number of nitrogens with zero attached hydrogens (tertiary/aromatic N) is 1. The summed E-state index contributed by atoms with van der Waals surface area (Å²) in [6, 6.07) is 31.0. The highest BCUT2D eigenvalue weighted by atomic mass is 16.5. The molecule has 10 rings (SSSR count). The molecule has 3 aliphatic carbocycles. The van der Waals surface area contributed by atoms with Gasteiger partial charge in [0.05, 0.1) is 0 Å². The SMILES string of the molecule is C1=Cc2ccc3ccc(Oc4c5c(c(-c6cc7ccccc7c7ccccc67)c6cnccc46)=CCCC=5)c4c3c2C(=CC4)C1. The smallest absolute Gasteiger partial charge is 0.142 e. The van der Waals surface area contributed by atoms with E-state index in [2.05, 4.69) is 120 Å². The number of pyridine rings is 1. The Morgan fingerprint density at radius 1 is 0.622 bits per heavy atom. The number of benzene rings is 6. The standard InChI is InChI=1S/C43H29NO/c1-2-11-30-29(8-1)24-37(32-13-4-3-12-31(30)32)42-33-14-5-6-15-34(33)43(35-22-23-44-25-38(35)42)45-39-21-19-28-17-16-26-9-7-10-27-18-20-36(39)41(28)40(26)27/h1-4,7-9,11-19,21-25H,5-6,10,20H2. The van der Waals surface area contributed by atoms with Crippen molar-refractivity contribution in [3.8, 4) is 22.6 Å². The van der Waals surface area contributed by atoms with Crippen LogP contribution in [0, 0.1) is 0 Å². The molecule has 0 unspecified atom stereocenters. The molecule has 0 radical (unpaired) electrons. The number of hydrogen-bond acceptors (Lipinski definition) is 2. The van der Waals surface area contributed by atoms with E-state index in [1.54, 1.807) is 0 Å². The maximum absolute atomic E-state index is 7.16. The Hall–Kier alpha value is -5.47. The second kappa shape index (κ2) is 9.51. The molecule has 2 heteroatoms. The Kier molecular flexibility index (Phi) is 5.27. The summed E-state index contributed by atoms with van der Waals surface area (Å²) >= 11 is 0. The zero-order valence-electron chi connectivity index (χ0n) is 24.8. The van der Waals surface area contributed by atoms with Crippen LogP contribution in [0.15, 0.2) is 109 Å². The molecule has 0 atom stereocenters. The summed E-state index contributed by atoms with van der Waals surface area (Å²) in [4.78, 5) is 4.67. The van der Waals surface area contributed by atoms with Gasteiger partial charge in [0.15, 0.2) is 0 Å². The second-order valence-electron chi connectivity index (χ2n) is 12.4. The van der Waals surface area contributed by atoms with Gasteiger partial charge in [-0.1, -0.05) is 97.1 Å². The lowest BCUT2D eigenvalue weighted by atomic mass is 9.81. The Labute approximate surface area is 260 Å². The zero-order chi connectivity index (χ0) is 29.5. The van der Waals surface area contributed by atoms with E-state index in [1.165, 1.54) is 76.1 Å². The molecule has 6 aromatic carbocycles. The van der Waals surface area contributed by atoms with Crippen LogP contribution in [-0.2, 0) is 6.42 Å². The van der Waals surface area contributed by atoms with Crippen LogP contribution < -0.4 is 15.2 Å². The van der Waals surface area contributed by atoms with E-state index in [4.69, 9.17) is 4.74 Å². The number of fused-ring (bicyclic) bond motifs is 5. The number of hydrogen-bond donors (Lipinski definition) is 0. The van der Waals surface area contributed by atoms with Crippen LogP contribution in [0.4, 0.5) is 0 Å². The fourth-order valence-electron chi connectivity index (χ4n) is 8.08. The Bertz CT molecular complexity index is 2620. The van der Waals surface area contributed by atoms with Crippen molar-refractivity contribution in [2.45, 2.75) is 25.7 Å². The third kappa shape index (κ3) is 3.60. The van der Waals surface area contributed by atoms with Crippen LogP contribution in [-0.4, -0.2) is 4.98 Å². The topological polar surface area (TPSA) is 22.1 Å². The second-order valence-corrected chi connectivity index (χ2v) is 12.4. The summed E-state index contributed by atoms with van der Waals surface area (Å²) in [6.45, 7) is 0. The van der Waals surface area contributed by atoms with Crippen LogP contribution in [0.5, 0.6) is 11.5 Å². The molecular formula is C43H29NO. The van der Waals surface area contributed by atoms with Gasteiger partial charge in [0.1, 0.15) is 11.5 Å². The van der Waals surface area contributed by atoms with Gasteiger partial charge in [0, 0.05) is 33.9 Å². The summed E-state index contributed by atoms with van der Waals surface area (Å²) < 4.78 is 7.16. The Morgan fingerprint density at radius 2 is 1.44 bits per heavy atom. The molecule has 0 N–H and O–H groups in total. The van der Waals surface area contributed by atoms with Crippen LogP contribution in [0.2, 0.25) is 0 Å². The summed E-state index contributed by atoms with van der Waals surface area (Å²) in [5.41, 5.74) is 7.90. The molecule has 2 nitrogen and oxygen atoms in total. The molecule has 1 aromatic heterocycles. The van der Waals surface area contributed by atoms with Crippen LogP contribution in [0.25, 0.3) is 78.0 Å². The van der Waals surface area contributed by atoms with Gasteiger partial charge in [-0.25, -0.2) is 0 Å². The van der Waals surface area contributed by atoms with Crippen molar-refractivity contribution >= 4 is 66.9 Å². The molecular weight excluding hydrogens is 546 g/mol. The molecule has 0 amide bonds. The van der Waals surface area contributed by atoms with Gasteiger partial charge in [-0.05, 0) is 109 Å². The monoisotopic (exact) mass is 575 g/mol. The van der Waals surface area contributed by atoms with Gasteiger partial charge in [-0.3, -0.25) is 4.98 Å². The van der Waals surface area contributed by atoms with Gasteiger partial charge in [-0.15, -0.1) is 0 Å². The van der Waals surface area contributed by atoms with E-state index >= 15 is 0 Å². The first-order valence-electron chi connectivity index (χ1n) is 16.0. The van der Waals surface area contributed by atoms with Crippen molar-refractivity contribution < 1.29 is 4.74 Å². The van der Waals surface area contributed by atoms with Crippen LogP contribution in [0.3, 0.4) is 0 Å². The average Bonchev–Trinajstić information content (AvgIpc) is 3.11. The number of aromatic nitrogens is 1. The van der Waals surface area contributed by atoms with E-state index in [0.29, 0.717) is 0 Å². The fourth-order valence-corrected chi connectivity index (χ4v) is 8.08. The first-order chi connectivity index (χ1) is 22.3. The molecule has 0 spiro atoms. The van der Waals surface area contributed by atoms with E-state index in [-0.39, 0.29) is 0 Å². The van der Waals surface area contributed by atoms with E-state index in [9.17, 15) is 0 Å². The van der Waals surface area contributed by atoms with E-state index < -0.39 is 0 Å². The lowest BCUT2D eigenvalue weighted by molar-refractivity contribution is 0.479. The minimum atomic E-state index is 0.880. The highest BCUT2D eigenvalue weighted by Crippen LogP contribution is 2.45. The van der Waals surface area contributed by atoms with Crippen molar-refractivity contribution in [3.05, 3.63) is 137 Å². The number of ether oxygens (including phenoxy) is 1. The van der Waals surface area contributed by atoms with Crippen molar-refractivity contribution in [3.63, 3.8) is 0 Å². The number of rotatable bonds is 3. The molecule has 212 valence electrons. The average molecular weight is 576 g/mol. The predicted octanol–water partition coefficient (Wildman–Crippen LogP) is 9.86. The summed E-state index contributed by atoms with van der Waals surface area (Å²) in [5.74, 6) is 1.88. The third-order valence-electron chi connectivity index (χ3n) is 10.0. The minimum Gasteiger partial charge on any atom is -0.456 e. The molecule has 3 aliphatic rings. The van der Waals surface area contributed by atoms with Gasteiger partial charge in [-0.2, -0.15) is 0 Å². The van der Waals surface area contributed by atoms with Crippen molar-refractivity contribution in [2.75, 3.05) is 0 Å². The van der Waals surface area contributed by atoms with Gasteiger partial charge >= 0.3 is 0 Å².